The molecule has 1 atom stereocenters. The summed E-state index contributed by atoms with van der Waals surface area (Å²) in [4.78, 5) is 3.22. The molecule has 0 spiro atoms. The molecule has 80 valence electrons. The summed E-state index contributed by atoms with van der Waals surface area (Å²) in [6.45, 7) is 2.10. The highest BCUT2D eigenvalue weighted by molar-refractivity contribution is 5.83. The van der Waals surface area contributed by atoms with E-state index in [1.54, 1.807) is 0 Å². The van der Waals surface area contributed by atoms with Crippen LogP contribution in [0, 0.1) is 0 Å². The number of aliphatic hydroxyl groups is 1. The van der Waals surface area contributed by atoms with Crippen LogP contribution in [0.15, 0.2) is 30.5 Å². The van der Waals surface area contributed by atoms with Gasteiger partial charge in [0.1, 0.15) is 0 Å². The zero-order valence-corrected chi connectivity index (χ0v) is 9.03. The molecule has 2 rings (SSSR count). The van der Waals surface area contributed by atoms with Crippen LogP contribution >= 0.6 is 0 Å². The highest BCUT2D eigenvalue weighted by Crippen LogP contribution is 2.19. The van der Waals surface area contributed by atoms with Crippen molar-refractivity contribution >= 4 is 10.9 Å². The minimum absolute atomic E-state index is 0.214. The van der Waals surface area contributed by atoms with Crippen LogP contribution in [0.2, 0.25) is 0 Å². The van der Waals surface area contributed by atoms with Crippen molar-refractivity contribution in [1.82, 2.24) is 4.98 Å². The van der Waals surface area contributed by atoms with E-state index in [0.717, 1.165) is 24.8 Å². The van der Waals surface area contributed by atoms with E-state index in [1.165, 1.54) is 10.9 Å². The Morgan fingerprint density at radius 1 is 1.33 bits per heavy atom. The molecule has 0 radical (unpaired) electrons. The number of aromatic amines is 1. The maximum absolute atomic E-state index is 9.77. The summed E-state index contributed by atoms with van der Waals surface area (Å²) in [6.07, 6.45) is 4.44. The summed E-state index contributed by atoms with van der Waals surface area (Å²) >= 11 is 0. The van der Waals surface area contributed by atoms with Crippen LogP contribution in [0.4, 0.5) is 0 Å². The quantitative estimate of drug-likeness (QED) is 0.787. The van der Waals surface area contributed by atoms with Gasteiger partial charge in [-0.2, -0.15) is 0 Å². The van der Waals surface area contributed by atoms with Crippen molar-refractivity contribution in [3.05, 3.63) is 36.0 Å². The Labute approximate surface area is 89.9 Å². The van der Waals surface area contributed by atoms with E-state index in [0.29, 0.717) is 0 Å². The molecule has 0 aliphatic heterocycles. The largest absolute Gasteiger partial charge is 0.393 e. The average molecular weight is 203 g/mol. The van der Waals surface area contributed by atoms with Gasteiger partial charge in [0, 0.05) is 23.5 Å². The Morgan fingerprint density at radius 2 is 2.13 bits per heavy atom. The fraction of sp³-hybridized carbons (Fsp3) is 0.385. The lowest BCUT2D eigenvalue weighted by Crippen LogP contribution is -2.09. The Hall–Kier alpha value is -1.28. The molecule has 0 amide bonds. The van der Waals surface area contributed by atoms with Crippen molar-refractivity contribution in [2.75, 3.05) is 0 Å². The Morgan fingerprint density at radius 3 is 2.93 bits per heavy atom. The van der Waals surface area contributed by atoms with E-state index in [1.807, 2.05) is 18.3 Å². The molecule has 0 aliphatic carbocycles. The fourth-order valence-electron chi connectivity index (χ4n) is 1.99. The standard InChI is InChI=1S/C13H17NO/c1-2-5-11(15)8-10-9-14-13-7-4-3-6-12(10)13/h3-4,6-7,9,11,14-15H,2,5,8H2,1H3. The molecule has 2 aromatic rings. The second kappa shape index (κ2) is 4.49. The molecular formula is C13H17NO. The molecule has 2 N–H and O–H groups in total. The van der Waals surface area contributed by atoms with Crippen molar-refractivity contribution in [3.8, 4) is 0 Å². The number of fused-ring (bicyclic) bond motifs is 1. The van der Waals surface area contributed by atoms with E-state index in [2.05, 4.69) is 24.0 Å². The van der Waals surface area contributed by atoms with Gasteiger partial charge >= 0.3 is 0 Å². The van der Waals surface area contributed by atoms with Gasteiger partial charge in [0.15, 0.2) is 0 Å². The van der Waals surface area contributed by atoms with Gasteiger partial charge in [-0.25, -0.2) is 0 Å². The normalized spacial score (nSPS) is 13.2. The van der Waals surface area contributed by atoms with Crippen molar-refractivity contribution in [2.24, 2.45) is 0 Å². The third-order valence-electron chi connectivity index (χ3n) is 2.75. The third-order valence-corrected chi connectivity index (χ3v) is 2.75. The molecular weight excluding hydrogens is 186 g/mol. The van der Waals surface area contributed by atoms with Crippen molar-refractivity contribution in [2.45, 2.75) is 32.3 Å². The summed E-state index contributed by atoms with van der Waals surface area (Å²) in [7, 11) is 0. The van der Waals surface area contributed by atoms with Crippen LogP contribution in [0.25, 0.3) is 10.9 Å². The molecule has 1 aromatic heterocycles. The maximum atomic E-state index is 9.77. The summed E-state index contributed by atoms with van der Waals surface area (Å²) in [5.74, 6) is 0. The topological polar surface area (TPSA) is 36.0 Å². The first kappa shape index (κ1) is 10.2. The lowest BCUT2D eigenvalue weighted by atomic mass is 10.0. The first-order valence-electron chi connectivity index (χ1n) is 5.54. The lowest BCUT2D eigenvalue weighted by Gasteiger charge is -2.07. The minimum atomic E-state index is -0.214. The van der Waals surface area contributed by atoms with Gasteiger partial charge in [-0.15, -0.1) is 0 Å². The molecule has 0 saturated carbocycles. The van der Waals surface area contributed by atoms with E-state index < -0.39 is 0 Å². The predicted octanol–water partition coefficient (Wildman–Crippen LogP) is 2.87. The summed E-state index contributed by atoms with van der Waals surface area (Å²) in [5.41, 5.74) is 2.36. The van der Waals surface area contributed by atoms with Crippen LogP contribution in [0.5, 0.6) is 0 Å². The van der Waals surface area contributed by atoms with Gasteiger partial charge in [-0.05, 0) is 18.1 Å². The molecule has 2 heteroatoms. The number of aliphatic hydroxyl groups excluding tert-OH is 1. The Bertz CT molecular complexity index is 433. The maximum Gasteiger partial charge on any atom is 0.0581 e. The number of H-pyrrole nitrogens is 1. The van der Waals surface area contributed by atoms with E-state index >= 15 is 0 Å². The Balaban J connectivity index is 2.21. The van der Waals surface area contributed by atoms with Crippen LogP contribution < -0.4 is 0 Å². The molecule has 2 nitrogen and oxygen atoms in total. The average Bonchev–Trinajstić information content (AvgIpc) is 2.62. The van der Waals surface area contributed by atoms with Gasteiger partial charge < -0.3 is 10.1 Å². The molecule has 0 bridgehead atoms. The molecule has 0 aliphatic rings. The lowest BCUT2D eigenvalue weighted by molar-refractivity contribution is 0.164. The highest BCUT2D eigenvalue weighted by Gasteiger charge is 2.08. The van der Waals surface area contributed by atoms with Gasteiger partial charge in [-0.3, -0.25) is 0 Å². The van der Waals surface area contributed by atoms with Crippen LogP contribution in [-0.4, -0.2) is 16.2 Å². The summed E-state index contributed by atoms with van der Waals surface area (Å²) < 4.78 is 0. The van der Waals surface area contributed by atoms with E-state index in [9.17, 15) is 5.11 Å². The third kappa shape index (κ3) is 2.21. The number of para-hydroxylation sites is 1. The Kier molecular flexibility index (Phi) is 3.07. The molecule has 15 heavy (non-hydrogen) atoms. The second-order valence-corrected chi connectivity index (χ2v) is 4.01. The van der Waals surface area contributed by atoms with Crippen molar-refractivity contribution < 1.29 is 5.11 Å². The molecule has 1 aromatic carbocycles. The number of benzene rings is 1. The molecule has 1 heterocycles. The summed E-state index contributed by atoms with van der Waals surface area (Å²) in [6, 6.07) is 8.21. The monoisotopic (exact) mass is 203 g/mol. The molecule has 0 saturated heterocycles. The van der Waals surface area contributed by atoms with E-state index in [4.69, 9.17) is 0 Å². The number of hydrogen-bond acceptors (Lipinski definition) is 1. The molecule has 1 unspecified atom stereocenters. The zero-order valence-electron chi connectivity index (χ0n) is 9.03. The van der Waals surface area contributed by atoms with Gasteiger partial charge in [0.2, 0.25) is 0 Å². The first-order chi connectivity index (χ1) is 7.31. The number of nitrogens with one attached hydrogen (secondary N) is 1. The van der Waals surface area contributed by atoms with E-state index in [-0.39, 0.29) is 6.10 Å². The fourth-order valence-corrected chi connectivity index (χ4v) is 1.99. The second-order valence-electron chi connectivity index (χ2n) is 4.01. The number of hydrogen-bond donors (Lipinski definition) is 2. The predicted molar refractivity (Wildman–Crippen MR) is 62.9 cm³/mol. The van der Waals surface area contributed by atoms with Crippen LogP contribution in [-0.2, 0) is 6.42 Å². The number of aromatic nitrogens is 1. The van der Waals surface area contributed by atoms with Crippen molar-refractivity contribution in [1.29, 1.82) is 0 Å². The smallest absolute Gasteiger partial charge is 0.0581 e. The summed E-state index contributed by atoms with van der Waals surface area (Å²) in [5, 5.41) is 11.0. The van der Waals surface area contributed by atoms with Crippen molar-refractivity contribution in [3.63, 3.8) is 0 Å². The van der Waals surface area contributed by atoms with Gasteiger partial charge in [0.05, 0.1) is 6.10 Å². The van der Waals surface area contributed by atoms with Crippen LogP contribution in [0.3, 0.4) is 0 Å². The minimum Gasteiger partial charge on any atom is -0.393 e. The zero-order chi connectivity index (χ0) is 10.7. The first-order valence-corrected chi connectivity index (χ1v) is 5.54. The van der Waals surface area contributed by atoms with Crippen LogP contribution in [0.1, 0.15) is 25.3 Å². The highest BCUT2D eigenvalue weighted by atomic mass is 16.3. The SMILES string of the molecule is CCCC(O)Cc1c[nH]c2ccccc12. The number of rotatable bonds is 4. The molecule has 0 fully saturated rings. The van der Waals surface area contributed by atoms with Gasteiger partial charge in [0.25, 0.3) is 0 Å². The van der Waals surface area contributed by atoms with Gasteiger partial charge in [-0.1, -0.05) is 31.5 Å².